The zero-order valence-electron chi connectivity index (χ0n) is 12.8. The Morgan fingerprint density at radius 1 is 1.23 bits per heavy atom. The van der Waals surface area contributed by atoms with Crippen molar-refractivity contribution in [1.29, 1.82) is 0 Å². The van der Waals surface area contributed by atoms with E-state index in [1.165, 1.54) is 0 Å². The van der Waals surface area contributed by atoms with Crippen LogP contribution in [0, 0.1) is 0 Å². The predicted octanol–water partition coefficient (Wildman–Crippen LogP) is 1.50. The molecule has 1 unspecified atom stereocenters. The summed E-state index contributed by atoms with van der Waals surface area (Å²) in [5.41, 5.74) is 6.30. The maximum Gasteiger partial charge on any atom is 0.242 e. The Balaban J connectivity index is 0.00000242. The molecule has 122 valence electrons. The molecular formula is C16H24ClN3O2. The highest BCUT2D eigenvalue weighted by Gasteiger charge is 2.37. The summed E-state index contributed by atoms with van der Waals surface area (Å²) in [6.07, 6.45) is 3.32. The molecule has 6 heteroatoms. The number of nitrogens with two attached hydrogens (primary N) is 1. The molecule has 0 heterocycles. The number of amides is 2. The highest BCUT2D eigenvalue weighted by atomic mass is 35.5. The monoisotopic (exact) mass is 325 g/mol. The number of halogens is 1. The number of hydrogen-bond donors (Lipinski definition) is 3. The second kappa shape index (κ2) is 8.15. The van der Waals surface area contributed by atoms with Gasteiger partial charge in [0, 0.05) is 6.54 Å². The first-order valence-electron chi connectivity index (χ1n) is 7.43. The van der Waals surface area contributed by atoms with E-state index in [1.807, 2.05) is 30.3 Å². The predicted molar refractivity (Wildman–Crippen MR) is 88.5 cm³/mol. The van der Waals surface area contributed by atoms with Crippen LogP contribution in [0.3, 0.4) is 0 Å². The van der Waals surface area contributed by atoms with Crippen LogP contribution in [0.2, 0.25) is 0 Å². The van der Waals surface area contributed by atoms with Crippen LogP contribution in [0.1, 0.15) is 38.2 Å². The van der Waals surface area contributed by atoms with Gasteiger partial charge in [0.15, 0.2) is 0 Å². The van der Waals surface area contributed by atoms with Gasteiger partial charge in [0.05, 0.1) is 5.54 Å². The van der Waals surface area contributed by atoms with Crippen LogP contribution in [-0.4, -0.2) is 23.4 Å². The molecule has 2 amide bonds. The first-order chi connectivity index (χ1) is 10.0. The lowest BCUT2D eigenvalue weighted by atomic mass is 9.97. The Bertz CT molecular complexity index is 501. The molecule has 0 bridgehead atoms. The number of rotatable bonds is 5. The highest BCUT2D eigenvalue weighted by molar-refractivity contribution is 5.91. The largest absolute Gasteiger partial charge is 0.350 e. The summed E-state index contributed by atoms with van der Waals surface area (Å²) in [6, 6.07) is 9.07. The van der Waals surface area contributed by atoms with Gasteiger partial charge in [-0.3, -0.25) is 9.59 Å². The summed E-state index contributed by atoms with van der Waals surface area (Å²) >= 11 is 0. The summed E-state index contributed by atoms with van der Waals surface area (Å²) in [4.78, 5) is 24.1. The fraction of sp³-hybridized carbons (Fsp3) is 0.500. The van der Waals surface area contributed by atoms with Crippen molar-refractivity contribution < 1.29 is 9.59 Å². The smallest absolute Gasteiger partial charge is 0.242 e. The molecule has 0 saturated heterocycles. The van der Waals surface area contributed by atoms with Crippen molar-refractivity contribution in [2.75, 3.05) is 0 Å². The van der Waals surface area contributed by atoms with E-state index >= 15 is 0 Å². The fourth-order valence-electron chi connectivity index (χ4n) is 2.58. The van der Waals surface area contributed by atoms with Crippen LogP contribution in [0.4, 0.5) is 0 Å². The van der Waals surface area contributed by atoms with Crippen molar-refractivity contribution >= 4 is 24.2 Å². The number of hydrogen-bond acceptors (Lipinski definition) is 3. The quantitative estimate of drug-likeness (QED) is 0.767. The minimum atomic E-state index is -0.798. The second-order valence-electron chi connectivity index (χ2n) is 5.76. The molecule has 0 radical (unpaired) electrons. The van der Waals surface area contributed by atoms with Crippen LogP contribution in [0.5, 0.6) is 0 Å². The van der Waals surface area contributed by atoms with Crippen molar-refractivity contribution in [3.63, 3.8) is 0 Å². The van der Waals surface area contributed by atoms with Crippen LogP contribution >= 0.6 is 12.4 Å². The molecule has 0 aliphatic heterocycles. The van der Waals surface area contributed by atoms with Gasteiger partial charge in [0.25, 0.3) is 0 Å². The van der Waals surface area contributed by atoms with E-state index < -0.39 is 11.6 Å². The van der Waals surface area contributed by atoms with Gasteiger partial charge in [0.1, 0.15) is 6.04 Å². The lowest BCUT2D eigenvalue weighted by Crippen LogP contribution is -2.56. The van der Waals surface area contributed by atoms with Gasteiger partial charge in [0.2, 0.25) is 11.8 Å². The molecule has 0 aromatic heterocycles. The third-order valence-corrected chi connectivity index (χ3v) is 4.00. The van der Waals surface area contributed by atoms with E-state index in [0.717, 1.165) is 18.4 Å². The van der Waals surface area contributed by atoms with Gasteiger partial charge in [-0.15, -0.1) is 12.4 Å². The maximum atomic E-state index is 12.1. The topological polar surface area (TPSA) is 84.2 Å². The third-order valence-electron chi connectivity index (χ3n) is 4.00. The van der Waals surface area contributed by atoms with Crippen LogP contribution < -0.4 is 16.4 Å². The Kier molecular flexibility index (Phi) is 6.84. The number of carbonyl (C=O) groups is 2. The molecule has 0 spiro atoms. The lowest BCUT2D eigenvalue weighted by Gasteiger charge is -2.24. The fourth-order valence-corrected chi connectivity index (χ4v) is 2.58. The van der Waals surface area contributed by atoms with E-state index in [4.69, 9.17) is 5.73 Å². The first-order valence-corrected chi connectivity index (χ1v) is 7.43. The molecule has 1 aliphatic rings. The average molecular weight is 326 g/mol. The zero-order valence-corrected chi connectivity index (χ0v) is 13.6. The first kappa shape index (κ1) is 18.5. The molecule has 4 N–H and O–H groups in total. The molecular weight excluding hydrogens is 302 g/mol. The van der Waals surface area contributed by atoms with E-state index in [2.05, 4.69) is 10.6 Å². The molecule has 1 aliphatic carbocycles. The second-order valence-corrected chi connectivity index (χ2v) is 5.76. The Hall–Kier alpha value is -1.59. The van der Waals surface area contributed by atoms with E-state index in [1.54, 1.807) is 6.92 Å². The van der Waals surface area contributed by atoms with Gasteiger partial charge in [-0.1, -0.05) is 43.2 Å². The maximum absolute atomic E-state index is 12.1. The van der Waals surface area contributed by atoms with E-state index in [0.29, 0.717) is 19.4 Å². The van der Waals surface area contributed by atoms with Crippen molar-refractivity contribution in [1.82, 2.24) is 10.6 Å². The lowest BCUT2D eigenvalue weighted by molar-refractivity contribution is -0.131. The normalized spacial score (nSPS) is 17.2. The number of benzene rings is 1. The summed E-state index contributed by atoms with van der Waals surface area (Å²) in [5, 5.41) is 5.54. The molecule has 5 nitrogen and oxygen atoms in total. The van der Waals surface area contributed by atoms with Crippen LogP contribution in [0.25, 0.3) is 0 Å². The summed E-state index contributed by atoms with van der Waals surface area (Å²) in [7, 11) is 0. The molecule has 1 atom stereocenters. The van der Waals surface area contributed by atoms with Crippen molar-refractivity contribution in [2.45, 2.75) is 50.7 Å². The van der Waals surface area contributed by atoms with Gasteiger partial charge in [-0.25, -0.2) is 0 Å². The Labute approximate surface area is 137 Å². The molecule has 1 fully saturated rings. The minimum absolute atomic E-state index is 0. The molecule has 22 heavy (non-hydrogen) atoms. The van der Waals surface area contributed by atoms with Gasteiger partial charge in [-0.05, 0) is 25.3 Å². The van der Waals surface area contributed by atoms with E-state index in [9.17, 15) is 9.59 Å². The average Bonchev–Trinajstić information content (AvgIpc) is 2.94. The van der Waals surface area contributed by atoms with Crippen molar-refractivity contribution in [2.24, 2.45) is 5.73 Å². The van der Waals surface area contributed by atoms with Crippen molar-refractivity contribution in [3.05, 3.63) is 35.9 Å². The number of carbonyl (C=O) groups excluding carboxylic acids is 2. The third kappa shape index (κ3) is 4.71. The van der Waals surface area contributed by atoms with Gasteiger partial charge in [-0.2, -0.15) is 0 Å². The van der Waals surface area contributed by atoms with Crippen molar-refractivity contribution in [3.8, 4) is 0 Å². The van der Waals surface area contributed by atoms with Gasteiger partial charge >= 0.3 is 0 Å². The molecule has 1 aromatic rings. The standard InChI is InChI=1S/C16H23N3O2.ClH/c1-12(19-15(21)16(17)9-5-6-10-16)14(20)18-11-13-7-3-2-4-8-13;/h2-4,7-8,12H,5-6,9-11,17H2,1H3,(H,18,20)(H,19,21);1H. The SMILES string of the molecule is CC(NC(=O)C1(N)CCCC1)C(=O)NCc1ccccc1.Cl. The Morgan fingerprint density at radius 3 is 2.41 bits per heavy atom. The summed E-state index contributed by atoms with van der Waals surface area (Å²) in [5.74, 6) is -0.420. The molecule has 1 aromatic carbocycles. The van der Waals surface area contributed by atoms with Gasteiger partial charge < -0.3 is 16.4 Å². The Morgan fingerprint density at radius 2 is 1.82 bits per heavy atom. The van der Waals surface area contributed by atoms with Crippen LogP contribution in [0.15, 0.2) is 30.3 Å². The zero-order chi connectivity index (χ0) is 15.3. The molecule has 2 rings (SSSR count). The minimum Gasteiger partial charge on any atom is -0.350 e. The number of nitrogens with one attached hydrogen (secondary N) is 2. The van der Waals surface area contributed by atoms with Crippen LogP contribution in [-0.2, 0) is 16.1 Å². The summed E-state index contributed by atoms with van der Waals surface area (Å²) in [6.45, 7) is 2.13. The summed E-state index contributed by atoms with van der Waals surface area (Å²) < 4.78 is 0. The highest BCUT2D eigenvalue weighted by Crippen LogP contribution is 2.27. The molecule has 1 saturated carbocycles. The van der Waals surface area contributed by atoms with E-state index in [-0.39, 0.29) is 24.2 Å².